The molecule has 0 aliphatic heterocycles. The first-order valence-electron chi connectivity index (χ1n) is 8.64. The summed E-state index contributed by atoms with van der Waals surface area (Å²) in [6.07, 6.45) is 2.75. The number of aromatic amines is 1. The van der Waals surface area contributed by atoms with Crippen LogP contribution in [0.25, 0.3) is 0 Å². The standard InChI is InChI=1S/C19H17ClN6O3/c1-2-21-17(27)15-16(24-10-23-15)19(29)26-12-7-5-11(6-8-12)25-18(28)14-13(20)4-3-9-22-14/h3-10H,2H2,1H3,(H,21,27)(H,23,24)(H,25,28)(H,26,29). The fraction of sp³-hybridized carbons (Fsp3) is 0.105. The highest BCUT2D eigenvalue weighted by Gasteiger charge is 2.20. The average molecular weight is 413 g/mol. The van der Waals surface area contributed by atoms with Crippen LogP contribution in [0.4, 0.5) is 11.4 Å². The van der Waals surface area contributed by atoms with Crippen LogP contribution in [0.2, 0.25) is 5.02 Å². The Bertz CT molecular complexity index is 1050. The van der Waals surface area contributed by atoms with Crippen molar-refractivity contribution in [2.75, 3.05) is 17.2 Å². The van der Waals surface area contributed by atoms with E-state index in [9.17, 15) is 14.4 Å². The predicted octanol–water partition coefficient (Wildman–Crippen LogP) is 2.71. The minimum absolute atomic E-state index is 0.0156. The van der Waals surface area contributed by atoms with E-state index in [1.807, 2.05) is 0 Å². The molecular weight excluding hydrogens is 396 g/mol. The summed E-state index contributed by atoms with van der Waals surface area (Å²) in [4.78, 5) is 47.1. The number of carbonyl (C=O) groups is 3. The first kappa shape index (κ1) is 20.0. The zero-order valence-electron chi connectivity index (χ0n) is 15.3. The van der Waals surface area contributed by atoms with E-state index in [0.717, 1.165) is 0 Å². The van der Waals surface area contributed by atoms with E-state index in [0.29, 0.717) is 17.9 Å². The number of nitrogens with one attached hydrogen (secondary N) is 4. The van der Waals surface area contributed by atoms with Crippen molar-refractivity contribution in [2.45, 2.75) is 6.92 Å². The molecule has 2 aromatic heterocycles. The van der Waals surface area contributed by atoms with Crippen molar-refractivity contribution in [3.8, 4) is 0 Å². The van der Waals surface area contributed by atoms with Gasteiger partial charge in [-0.05, 0) is 43.3 Å². The molecule has 29 heavy (non-hydrogen) atoms. The molecule has 10 heteroatoms. The lowest BCUT2D eigenvalue weighted by atomic mass is 10.2. The first-order chi connectivity index (χ1) is 14.0. The number of hydrogen-bond acceptors (Lipinski definition) is 5. The summed E-state index contributed by atoms with van der Waals surface area (Å²) in [5.41, 5.74) is 1.15. The largest absolute Gasteiger partial charge is 0.351 e. The van der Waals surface area contributed by atoms with Crippen molar-refractivity contribution in [3.05, 3.63) is 71.0 Å². The zero-order chi connectivity index (χ0) is 20.8. The van der Waals surface area contributed by atoms with Gasteiger partial charge < -0.3 is 20.9 Å². The highest BCUT2D eigenvalue weighted by molar-refractivity contribution is 6.34. The molecule has 9 nitrogen and oxygen atoms in total. The van der Waals surface area contributed by atoms with Gasteiger partial charge in [0.15, 0.2) is 5.69 Å². The zero-order valence-corrected chi connectivity index (χ0v) is 16.1. The van der Waals surface area contributed by atoms with Crippen LogP contribution in [-0.4, -0.2) is 39.2 Å². The van der Waals surface area contributed by atoms with E-state index in [1.165, 1.54) is 12.5 Å². The maximum atomic E-state index is 12.4. The van der Waals surface area contributed by atoms with E-state index in [-0.39, 0.29) is 22.1 Å². The molecule has 148 valence electrons. The SMILES string of the molecule is CCNC(=O)c1[nH]cnc1C(=O)Nc1ccc(NC(=O)c2ncccc2Cl)cc1. The van der Waals surface area contributed by atoms with Crippen LogP contribution >= 0.6 is 11.6 Å². The van der Waals surface area contributed by atoms with Gasteiger partial charge in [0.25, 0.3) is 17.7 Å². The molecule has 0 unspecified atom stereocenters. The molecule has 0 aliphatic carbocycles. The third kappa shape index (κ3) is 4.77. The molecule has 0 radical (unpaired) electrons. The number of anilines is 2. The fourth-order valence-corrected chi connectivity index (χ4v) is 2.67. The van der Waals surface area contributed by atoms with Gasteiger partial charge in [0.2, 0.25) is 0 Å². The predicted molar refractivity (Wildman–Crippen MR) is 108 cm³/mol. The van der Waals surface area contributed by atoms with E-state index < -0.39 is 17.7 Å². The second kappa shape index (κ2) is 8.98. The first-order valence-corrected chi connectivity index (χ1v) is 9.02. The van der Waals surface area contributed by atoms with Gasteiger partial charge in [0, 0.05) is 24.1 Å². The molecule has 4 N–H and O–H groups in total. The molecule has 0 spiro atoms. The van der Waals surface area contributed by atoms with Crippen LogP contribution in [0.3, 0.4) is 0 Å². The van der Waals surface area contributed by atoms with Crippen LogP contribution in [0.15, 0.2) is 48.9 Å². The van der Waals surface area contributed by atoms with Crippen molar-refractivity contribution in [1.82, 2.24) is 20.3 Å². The molecular formula is C19H17ClN6O3. The van der Waals surface area contributed by atoms with Crippen LogP contribution in [0.1, 0.15) is 38.4 Å². The van der Waals surface area contributed by atoms with Gasteiger partial charge >= 0.3 is 0 Å². The summed E-state index contributed by atoms with van der Waals surface area (Å²) >= 11 is 5.96. The van der Waals surface area contributed by atoms with Crippen molar-refractivity contribution in [1.29, 1.82) is 0 Å². The minimum Gasteiger partial charge on any atom is -0.351 e. The summed E-state index contributed by atoms with van der Waals surface area (Å²) < 4.78 is 0. The third-order valence-electron chi connectivity index (χ3n) is 3.79. The topological polar surface area (TPSA) is 129 Å². The Balaban J connectivity index is 1.66. The third-order valence-corrected chi connectivity index (χ3v) is 4.10. The number of pyridine rings is 1. The Labute approximate surface area is 170 Å². The lowest BCUT2D eigenvalue weighted by molar-refractivity contribution is 0.0937. The number of amides is 3. The van der Waals surface area contributed by atoms with E-state index in [1.54, 1.807) is 43.3 Å². The van der Waals surface area contributed by atoms with Crippen molar-refractivity contribution >= 4 is 40.7 Å². The van der Waals surface area contributed by atoms with Crippen LogP contribution in [-0.2, 0) is 0 Å². The van der Waals surface area contributed by atoms with E-state index >= 15 is 0 Å². The molecule has 2 heterocycles. The number of halogens is 1. The molecule has 3 rings (SSSR count). The van der Waals surface area contributed by atoms with Gasteiger partial charge in [-0.3, -0.25) is 14.4 Å². The summed E-state index contributed by atoms with van der Waals surface area (Å²) in [7, 11) is 0. The molecule has 0 saturated carbocycles. The fourth-order valence-electron chi connectivity index (χ4n) is 2.46. The number of carbonyl (C=O) groups excluding carboxylic acids is 3. The maximum absolute atomic E-state index is 12.4. The lowest BCUT2D eigenvalue weighted by Crippen LogP contribution is -2.26. The van der Waals surface area contributed by atoms with Gasteiger partial charge in [-0.25, -0.2) is 9.97 Å². The summed E-state index contributed by atoms with van der Waals surface area (Å²) in [6, 6.07) is 9.64. The lowest BCUT2D eigenvalue weighted by Gasteiger charge is -2.08. The van der Waals surface area contributed by atoms with E-state index in [2.05, 4.69) is 30.9 Å². The Morgan fingerprint density at radius 2 is 1.55 bits per heavy atom. The molecule has 0 saturated heterocycles. The number of aromatic nitrogens is 3. The van der Waals surface area contributed by atoms with Gasteiger partial charge in [-0.2, -0.15) is 0 Å². The van der Waals surface area contributed by atoms with E-state index in [4.69, 9.17) is 11.6 Å². The highest BCUT2D eigenvalue weighted by Crippen LogP contribution is 2.18. The number of benzene rings is 1. The number of imidazole rings is 1. The highest BCUT2D eigenvalue weighted by atomic mass is 35.5. The van der Waals surface area contributed by atoms with Crippen molar-refractivity contribution < 1.29 is 14.4 Å². The summed E-state index contributed by atoms with van der Waals surface area (Å²) in [5.74, 6) is -1.40. The Kier molecular flexibility index (Phi) is 6.20. The maximum Gasteiger partial charge on any atom is 0.276 e. The molecule has 3 amide bonds. The van der Waals surface area contributed by atoms with Crippen LogP contribution < -0.4 is 16.0 Å². The number of rotatable bonds is 6. The Morgan fingerprint density at radius 1 is 0.931 bits per heavy atom. The normalized spacial score (nSPS) is 10.3. The number of H-pyrrole nitrogens is 1. The molecule has 0 fully saturated rings. The van der Waals surface area contributed by atoms with Gasteiger partial charge in [0.1, 0.15) is 11.4 Å². The molecule has 0 aliphatic rings. The van der Waals surface area contributed by atoms with Crippen molar-refractivity contribution in [3.63, 3.8) is 0 Å². The molecule has 0 bridgehead atoms. The number of nitrogens with zero attached hydrogens (tertiary/aromatic N) is 2. The summed E-state index contributed by atoms with van der Waals surface area (Å²) in [6.45, 7) is 2.20. The van der Waals surface area contributed by atoms with Crippen molar-refractivity contribution in [2.24, 2.45) is 0 Å². The summed E-state index contributed by atoms with van der Waals surface area (Å²) in [5, 5.41) is 8.18. The van der Waals surface area contributed by atoms with Gasteiger partial charge in [-0.1, -0.05) is 11.6 Å². The Morgan fingerprint density at radius 3 is 2.14 bits per heavy atom. The molecule has 3 aromatic rings. The quantitative estimate of drug-likeness (QED) is 0.494. The van der Waals surface area contributed by atoms with Crippen LogP contribution in [0, 0.1) is 0 Å². The molecule has 0 atom stereocenters. The molecule has 1 aromatic carbocycles. The Hall–Kier alpha value is -3.72. The smallest absolute Gasteiger partial charge is 0.276 e. The number of hydrogen-bond donors (Lipinski definition) is 4. The monoisotopic (exact) mass is 412 g/mol. The average Bonchev–Trinajstić information content (AvgIpc) is 3.20. The van der Waals surface area contributed by atoms with Gasteiger partial charge in [-0.15, -0.1) is 0 Å². The minimum atomic E-state index is -0.537. The second-order valence-corrected chi connectivity index (χ2v) is 6.21. The van der Waals surface area contributed by atoms with Gasteiger partial charge in [0.05, 0.1) is 11.3 Å². The second-order valence-electron chi connectivity index (χ2n) is 5.81. The van der Waals surface area contributed by atoms with Crippen LogP contribution in [0.5, 0.6) is 0 Å².